The lowest BCUT2D eigenvalue weighted by Gasteiger charge is -2.13. The molecule has 0 spiro atoms. The maximum atomic E-state index is 11.3. The number of rotatable bonds is 2. The molecule has 2 aromatic carbocycles. The van der Waals surface area contributed by atoms with E-state index in [2.05, 4.69) is 45.0 Å². The molecule has 3 rings (SSSR count). The lowest BCUT2D eigenvalue weighted by atomic mass is 10.0. The van der Waals surface area contributed by atoms with Gasteiger partial charge in [-0.2, -0.15) is 0 Å². The van der Waals surface area contributed by atoms with Crippen LogP contribution in [-0.4, -0.2) is 9.97 Å². The topological polar surface area (TPSA) is 48.6 Å². The van der Waals surface area contributed by atoms with Gasteiger partial charge in [0.05, 0.1) is 15.9 Å². The Morgan fingerprint density at radius 1 is 1.05 bits per heavy atom. The number of imidazole rings is 1. The van der Waals surface area contributed by atoms with Gasteiger partial charge in [0, 0.05) is 0 Å². The molecule has 4 heteroatoms. The second kappa shape index (κ2) is 4.70. The van der Waals surface area contributed by atoms with E-state index >= 15 is 0 Å². The van der Waals surface area contributed by atoms with Crippen molar-refractivity contribution >= 4 is 27.0 Å². The standard InChI is InChI=1S/C15H13BrN2O/c1-9-4-2-3-5-11(9)14(16)10-6-7-12-13(8-10)18-15(19)17-12/h2-8,14H,1H3,(H2,17,18,19). The van der Waals surface area contributed by atoms with Crippen molar-refractivity contribution in [3.63, 3.8) is 0 Å². The zero-order chi connectivity index (χ0) is 13.4. The van der Waals surface area contributed by atoms with Crippen LogP contribution in [-0.2, 0) is 0 Å². The minimum atomic E-state index is -0.172. The predicted molar refractivity (Wildman–Crippen MR) is 80.9 cm³/mol. The smallest absolute Gasteiger partial charge is 0.306 e. The third kappa shape index (κ3) is 2.24. The van der Waals surface area contributed by atoms with Crippen molar-refractivity contribution in [3.8, 4) is 0 Å². The summed E-state index contributed by atoms with van der Waals surface area (Å²) < 4.78 is 0. The Bertz CT molecular complexity index is 788. The monoisotopic (exact) mass is 316 g/mol. The number of H-pyrrole nitrogens is 2. The molecule has 0 fully saturated rings. The molecule has 19 heavy (non-hydrogen) atoms. The van der Waals surface area contributed by atoms with E-state index in [4.69, 9.17) is 0 Å². The molecule has 0 amide bonds. The molecule has 1 heterocycles. The van der Waals surface area contributed by atoms with Crippen LogP contribution in [0.5, 0.6) is 0 Å². The first-order valence-electron chi connectivity index (χ1n) is 6.07. The highest BCUT2D eigenvalue weighted by molar-refractivity contribution is 9.09. The van der Waals surface area contributed by atoms with E-state index in [0.717, 1.165) is 16.6 Å². The minimum absolute atomic E-state index is 0.122. The molecule has 96 valence electrons. The van der Waals surface area contributed by atoms with Crippen LogP contribution in [0.4, 0.5) is 0 Å². The molecule has 0 radical (unpaired) electrons. The van der Waals surface area contributed by atoms with E-state index in [1.54, 1.807) is 0 Å². The largest absolute Gasteiger partial charge is 0.323 e. The van der Waals surface area contributed by atoms with Gasteiger partial charge >= 0.3 is 5.69 Å². The van der Waals surface area contributed by atoms with Gasteiger partial charge in [-0.25, -0.2) is 4.79 Å². The summed E-state index contributed by atoms with van der Waals surface area (Å²) in [5.41, 5.74) is 5.09. The molecular formula is C15H13BrN2O. The first-order valence-corrected chi connectivity index (χ1v) is 6.98. The number of hydrogen-bond donors (Lipinski definition) is 2. The van der Waals surface area contributed by atoms with E-state index in [1.807, 2.05) is 30.3 Å². The highest BCUT2D eigenvalue weighted by atomic mass is 79.9. The van der Waals surface area contributed by atoms with Gasteiger partial charge in [-0.05, 0) is 35.7 Å². The van der Waals surface area contributed by atoms with Crippen molar-refractivity contribution in [1.82, 2.24) is 9.97 Å². The van der Waals surface area contributed by atoms with Gasteiger partial charge in [-0.3, -0.25) is 0 Å². The minimum Gasteiger partial charge on any atom is -0.306 e. The summed E-state index contributed by atoms with van der Waals surface area (Å²) in [4.78, 5) is 16.9. The summed E-state index contributed by atoms with van der Waals surface area (Å²) in [6, 6.07) is 14.2. The van der Waals surface area contributed by atoms with Gasteiger partial charge in [0.15, 0.2) is 0 Å². The van der Waals surface area contributed by atoms with Gasteiger partial charge in [0.2, 0.25) is 0 Å². The van der Waals surface area contributed by atoms with Crippen molar-refractivity contribution in [2.45, 2.75) is 11.8 Å². The molecule has 3 nitrogen and oxygen atoms in total. The molecule has 0 saturated heterocycles. The van der Waals surface area contributed by atoms with Gasteiger partial charge in [-0.1, -0.05) is 46.3 Å². The molecule has 0 bridgehead atoms. The Morgan fingerprint density at radius 2 is 1.79 bits per heavy atom. The van der Waals surface area contributed by atoms with Crippen LogP contribution >= 0.6 is 15.9 Å². The van der Waals surface area contributed by atoms with Crippen LogP contribution in [0.15, 0.2) is 47.3 Å². The third-order valence-corrected chi connectivity index (χ3v) is 4.32. The van der Waals surface area contributed by atoms with Gasteiger partial charge in [0.1, 0.15) is 0 Å². The summed E-state index contributed by atoms with van der Waals surface area (Å²) in [5, 5.41) is 0. The lowest BCUT2D eigenvalue weighted by Crippen LogP contribution is -1.99. The quantitative estimate of drug-likeness (QED) is 0.697. The van der Waals surface area contributed by atoms with E-state index in [-0.39, 0.29) is 10.5 Å². The molecular weight excluding hydrogens is 304 g/mol. The summed E-state index contributed by atoms with van der Waals surface area (Å²) in [7, 11) is 0. The molecule has 1 aromatic heterocycles. The fourth-order valence-corrected chi connectivity index (χ4v) is 3.06. The molecule has 2 N–H and O–H groups in total. The van der Waals surface area contributed by atoms with Crippen molar-refractivity contribution in [3.05, 3.63) is 69.6 Å². The molecule has 0 saturated carbocycles. The van der Waals surface area contributed by atoms with E-state index in [1.165, 1.54) is 11.1 Å². The van der Waals surface area contributed by atoms with Crippen molar-refractivity contribution in [2.24, 2.45) is 0 Å². The Balaban J connectivity index is 2.08. The maximum absolute atomic E-state index is 11.3. The van der Waals surface area contributed by atoms with Crippen LogP contribution in [0.2, 0.25) is 0 Å². The number of aromatic amines is 2. The van der Waals surface area contributed by atoms with E-state index in [0.29, 0.717) is 0 Å². The molecule has 3 aromatic rings. The average Bonchev–Trinajstić information content (AvgIpc) is 2.77. The van der Waals surface area contributed by atoms with Crippen molar-refractivity contribution in [2.75, 3.05) is 0 Å². The zero-order valence-electron chi connectivity index (χ0n) is 10.4. The Hall–Kier alpha value is -1.81. The molecule has 0 aliphatic rings. The van der Waals surface area contributed by atoms with Crippen molar-refractivity contribution in [1.29, 1.82) is 0 Å². The number of aromatic nitrogens is 2. The van der Waals surface area contributed by atoms with Crippen LogP contribution < -0.4 is 5.69 Å². The summed E-state index contributed by atoms with van der Waals surface area (Å²) in [5.74, 6) is 0. The fourth-order valence-electron chi connectivity index (χ4n) is 2.26. The van der Waals surface area contributed by atoms with Crippen LogP contribution in [0, 0.1) is 6.92 Å². The number of halogens is 1. The third-order valence-electron chi connectivity index (χ3n) is 3.29. The maximum Gasteiger partial charge on any atom is 0.323 e. The molecule has 0 aliphatic carbocycles. The number of nitrogens with one attached hydrogen (secondary N) is 2. The SMILES string of the molecule is Cc1ccccc1C(Br)c1ccc2[nH]c(=O)[nH]c2c1. The molecule has 1 atom stereocenters. The zero-order valence-corrected chi connectivity index (χ0v) is 12.0. The Morgan fingerprint density at radius 3 is 2.58 bits per heavy atom. The van der Waals surface area contributed by atoms with Crippen LogP contribution in [0.1, 0.15) is 21.5 Å². The normalized spacial score (nSPS) is 12.7. The molecule has 0 aliphatic heterocycles. The number of benzene rings is 2. The van der Waals surface area contributed by atoms with E-state index in [9.17, 15) is 4.79 Å². The van der Waals surface area contributed by atoms with Gasteiger partial charge < -0.3 is 9.97 Å². The van der Waals surface area contributed by atoms with Crippen LogP contribution in [0.25, 0.3) is 11.0 Å². The second-order valence-electron chi connectivity index (χ2n) is 4.60. The van der Waals surface area contributed by atoms with Gasteiger partial charge in [-0.15, -0.1) is 0 Å². The first kappa shape index (κ1) is 12.2. The lowest BCUT2D eigenvalue weighted by molar-refractivity contribution is 1.15. The summed E-state index contributed by atoms with van der Waals surface area (Å²) in [6.07, 6.45) is 0. The average molecular weight is 317 g/mol. The Labute approximate surface area is 118 Å². The van der Waals surface area contributed by atoms with Crippen molar-refractivity contribution < 1.29 is 0 Å². The predicted octanol–water partition coefficient (Wildman–Crippen LogP) is 3.65. The van der Waals surface area contributed by atoms with E-state index < -0.39 is 0 Å². The Kier molecular flexibility index (Phi) is 3.03. The second-order valence-corrected chi connectivity index (χ2v) is 5.52. The number of alkyl halides is 1. The fraction of sp³-hybridized carbons (Fsp3) is 0.133. The highest BCUT2D eigenvalue weighted by Gasteiger charge is 2.13. The summed E-state index contributed by atoms with van der Waals surface area (Å²) in [6.45, 7) is 2.10. The van der Waals surface area contributed by atoms with Crippen LogP contribution in [0.3, 0.4) is 0 Å². The number of hydrogen-bond acceptors (Lipinski definition) is 1. The summed E-state index contributed by atoms with van der Waals surface area (Å²) >= 11 is 3.74. The number of aryl methyl sites for hydroxylation is 1. The number of fused-ring (bicyclic) bond motifs is 1. The molecule has 1 unspecified atom stereocenters. The highest BCUT2D eigenvalue weighted by Crippen LogP contribution is 2.33. The van der Waals surface area contributed by atoms with Gasteiger partial charge in [0.25, 0.3) is 0 Å². The first-order chi connectivity index (χ1) is 9.15.